The van der Waals surface area contributed by atoms with E-state index in [4.69, 9.17) is 0 Å². The molecule has 1 aliphatic carbocycles. The molecule has 3 rings (SSSR count). The Morgan fingerprint density at radius 1 is 1.00 bits per heavy atom. The molecule has 1 aliphatic heterocycles. The van der Waals surface area contributed by atoms with Crippen molar-refractivity contribution >= 4 is 5.91 Å². The first-order valence-electron chi connectivity index (χ1n) is 6.46. The summed E-state index contributed by atoms with van der Waals surface area (Å²) < 4.78 is 0. The van der Waals surface area contributed by atoms with Gasteiger partial charge in [-0.15, -0.1) is 0 Å². The lowest BCUT2D eigenvalue weighted by atomic mass is 9.86. The number of amides is 1. The van der Waals surface area contributed by atoms with Crippen molar-refractivity contribution in [1.82, 2.24) is 10.6 Å². The molecule has 0 unspecified atom stereocenters. The van der Waals surface area contributed by atoms with Crippen molar-refractivity contribution in [3.8, 4) is 0 Å². The molecule has 1 saturated heterocycles. The highest BCUT2D eigenvalue weighted by atomic mass is 16.2. The Morgan fingerprint density at radius 2 is 1.71 bits per heavy atom. The van der Waals surface area contributed by atoms with Crippen LogP contribution in [-0.2, 0) is 4.79 Å². The van der Waals surface area contributed by atoms with Crippen molar-refractivity contribution in [3.05, 3.63) is 35.9 Å². The predicted molar refractivity (Wildman–Crippen MR) is 66.5 cm³/mol. The Balaban J connectivity index is 1.80. The van der Waals surface area contributed by atoms with E-state index >= 15 is 0 Å². The summed E-state index contributed by atoms with van der Waals surface area (Å²) in [5, 5.41) is 6.67. The third-order valence-electron chi connectivity index (χ3n) is 3.87. The lowest BCUT2D eigenvalue weighted by molar-refractivity contribution is -0.127. The standard InChI is InChI=1S/C14H18N2O/c17-14-13(10-6-2-1-3-7-10)15-11-8-4-5-9-12(11)16-14/h1-3,6-7,11-13,15H,4-5,8-9H2,(H,16,17)/t11-,12-,13+/m1/s1. The fourth-order valence-electron chi connectivity index (χ4n) is 2.95. The van der Waals surface area contributed by atoms with Gasteiger partial charge in [-0.25, -0.2) is 0 Å². The van der Waals surface area contributed by atoms with Crippen molar-refractivity contribution in [3.63, 3.8) is 0 Å². The first-order chi connectivity index (χ1) is 8.34. The molecular formula is C14H18N2O. The third-order valence-corrected chi connectivity index (χ3v) is 3.87. The topological polar surface area (TPSA) is 41.1 Å². The molecule has 1 amide bonds. The van der Waals surface area contributed by atoms with Crippen LogP contribution in [0.3, 0.4) is 0 Å². The highest BCUT2D eigenvalue weighted by molar-refractivity contribution is 5.84. The monoisotopic (exact) mass is 230 g/mol. The van der Waals surface area contributed by atoms with E-state index in [0.717, 1.165) is 12.0 Å². The van der Waals surface area contributed by atoms with Gasteiger partial charge in [0.2, 0.25) is 5.91 Å². The molecule has 0 bridgehead atoms. The first kappa shape index (κ1) is 10.8. The molecule has 17 heavy (non-hydrogen) atoms. The highest BCUT2D eigenvalue weighted by Crippen LogP contribution is 2.26. The van der Waals surface area contributed by atoms with Crippen LogP contribution in [0.5, 0.6) is 0 Å². The molecule has 1 saturated carbocycles. The second kappa shape index (κ2) is 4.49. The van der Waals surface area contributed by atoms with Gasteiger partial charge in [0.05, 0.1) is 0 Å². The van der Waals surface area contributed by atoms with E-state index in [1.165, 1.54) is 19.3 Å². The fourth-order valence-corrected chi connectivity index (χ4v) is 2.95. The molecule has 1 aromatic carbocycles. The second-order valence-corrected chi connectivity index (χ2v) is 5.02. The first-order valence-corrected chi connectivity index (χ1v) is 6.46. The van der Waals surface area contributed by atoms with E-state index < -0.39 is 0 Å². The van der Waals surface area contributed by atoms with Crippen LogP contribution in [0.15, 0.2) is 30.3 Å². The number of carbonyl (C=O) groups excluding carboxylic acids is 1. The van der Waals surface area contributed by atoms with Crippen LogP contribution in [0.1, 0.15) is 37.3 Å². The number of piperazine rings is 1. The number of fused-ring (bicyclic) bond motifs is 1. The van der Waals surface area contributed by atoms with Crippen molar-refractivity contribution in [1.29, 1.82) is 0 Å². The maximum Gasteiger partial charge on any atom is 0.242 e. The van der Waals surface area contributed by atoms with Crippen LogP contribution in [-0.4, -0.2) is 18.0 Å². The van der Waals surface area contributed by atoms with E-state index in [1.807, 2.05) is 30.3 Å². The Kier molecular flexibility index (Phi) is 2.85. The number of benzene rings is 1. The molecule has 0 radical (unpaired) electrons. The largest absolute Gasteiger partial charge is 0.350 e. The molecule has 2 aliphatic rings. The molecule has 0 aromatic heterocycles. The summed E-state index contributed by atoms with van der Waals surface area (Å²) in [4.78, 5) is 12.1. The minimum absolute atomic E-state index is 0.124. The molecule has 0 spiro atoms. The van der Waals surface area contributed by atoms with E-state index in [0.29, 0.717) is 12.1 Å². The molecule has 1 aromatic rings. The summed E-state index contributed by atoms with van der Waals surface area (Å²) in [5.41, 5.74) is 1.06. The predicted octanol–water partition coefficient (Wildman–Crippen LogP) is 1.76. The Labute approximate surface area is 102 Å². The molecule has 2 fully saturated rings. The summed E-state index contributed by atoms with van der Waals surface area (Å²) in [7, 11) is 0. The molecule has 1 heterocycles. The Hall–Kier alpha value is -1.35. The minimum Gasteiger partial charge on any atom is -0.350 e. The normalized spacial score (nSPS) is 32.7. The van der Waals surface area contributed by atoms with Crippen molar-refractivity contribution in [2.45, 2.75) is 43.8 Å². The van der Waals surface area contributed by atoms with Gasteiger partial charge in [-0.05, 0) is 18.4 Å². The highest BCUT2D eigenvalue weighted by Gasteiger charge is 2.36. The zero-order valence-corrected chi connectivity index (χ0v) is 9.86. The van der Waals surface area contributed by atoms with Crippen LogP contribution in [0, 0.1) is 0 Å². The molecule has 90 valence electrons. The summed E-state index contributed by atoms with van der Waals surface area (Å²) >= 11 is 0. The van der Waals surface area contributed by atoms with Crippen molar-refractivity contribution < 1.29 is 4.79 Å². The van der Waals surface area contributed by atoms with Gasteiger partial charge >= 0.3 is 0 Å². The smallest absolute Gasteiger partial charge is 0.242 e. The number of carbonyl (C=O) groups is 1. The van der Waals surface area contributed by atoms with E-state index in [1.54, 1.807) is 0 Å². The van der Waals surface area contributed by atoms with Crippen LogP contribution < -0.4 is 10.6 Å². The summed E-state index contributed by atoms with van der Waals surface area (Å²) in [5.74, 6) is 0.124. The van der Waals surface area contributed by atoms with Crippen LogP contribution >= 0.6 is 0 Å². The van der Waals surface area contributed by atoms with Gasteiger partial charge < -0.3 is 5.32 Å². The number of hydrogen-bond acceptors (Lipinski definition) is 2. The summed E-state index contributed by atoms with van der Waals surface area (Å²) in [6, 6.07) is 10.6. The van der Waals surface area contributed by atoms with Crippen LogP contribution in [0.4, 0.5) is 0 Å². The van der Waals surface area contributed by atoms with E-state index in [-0.39, 0.29) is 11.9 Å². The average Bonchev–Trinajstić information content (AvgIpc) is 2.39. The van der Waals surface area contributed by atoms with Gasteiger partial charge in [0.1, 0.15) is 6.04 Å². The Morgan fingerprint density at radius 3 is 2.47 bits per heavy atom. The van der Waals surface area contributed by atoms with E-state index in [9.17, 15) is 4.79 Å². The zero-order chi connectivity index (χ0) is 11.7. The molecule has 3 heteroatoms. The summed E-state index contributed by atoms with van der Waals surface area (Å²) in [6.45, 7) is 0. The molecule has 2 N–H and O–H groups in total. The van der Waals surface area contributed by atoms with Crippen molar-refractivity contribution in [2.24, 2.45) is 0 Å². The van der Waals surface area contributed by atoms with Crippen LogP contribution in [0.25, 0.3) is 0 Å². The number of rotatable bonds is 1. The van der Waals surface area contributed by atoms with Crippen LogP contribution in [0.2, 0.25) is 0 Å². The van der Waals surface area contributed by atoms with Gasteiger partial charge in [0.15, 0.2) is 0 Å². The van der Waals surface area contributed by atoms with Gasteiger partial charge in [-0.3, -0.25) is 10.1 Å². The molecular weight excluding hydrogens is 212 g/mol. The Bertz CT molecular complexity index is 404. The quantitative estimate of drug-likeness (QED) is 0.772. The average molecular weight is 230 g/mol. The molecule has 3 nitrogen and oxygen atoms in total. The van der Waals surface area contributed by atoms with Gasteiger partial charge in [0, 0.05) is 12.1 Å². The zero-order valence-electron chi connectivity index (χ0n) is 9.86. The number of hydrogen-bond donors (Lipinski definition) is 2. The lowest BCUT2D eigenvalue weighted by Crippen LogP contribution is -2.61. The number of nitrogens with one attached hydrogen (secondary N) is 2. The molecule has 3 atom stereocenters. The second-order valence-electron chi connectivity index (χ2n) is 5.02. The van der Waals surface area contributed by atoms with Crippen molar-refractivity contribution in [2.75, 3.05) is 0 Å². The summed E-state index contributed by atoms with van der Waals surface area (Å²) in [6.07, 6.45) is 4.80. The lowest BCUT2D eigenvalue weighted by Gasteiger charge is -2.40. The third kappa shape index (κ3) is 2.07. The fraction of sp³-hybridized carbons (Fsp3) is 0.500. The van der Waals surface area contributed by atoms with Gasteiger partial charge in [0.25, 0.3) is 0 Å². The minimum atomic E-state index is -0.171. The van der Waals surface area contributed by atoms with Gasteiger partial charge in [-0.1, -0.05) is 43.2 Å². The SMILES string of the molecule is O=C1N[C@@H]2CCCC[C@H]2N[C@H]1c1ccccc1. The van der Waals surface area contributed by atoms with Gasteiger partial charge in [-0.2, -0.15) is 0 Å². The van der Waals surface area contributed by atoms with E-state index in [2.05, 4.69) is 10.6 Å². The maximum absolute atomic E-state index is 12.1. The maximum atomic E-state index is 12.1.